The molecular formula is C10H12S2. The summed E-state index contributed by atoms with van der Waals surface area (Å²) in [6, 6.07) is 4.13. The highest BCUT2D eigenvalue weighted by Gasteiger charge is 2.01. The van der Waals surface area contributed by atoms with Crippen LogP contribution in [-0.4, -0.2) is 0 Å². The molecule has 0 saturated heterocycles. The molecule has 0 N–H and O–H groups in total. The summed E-state index contributed by atoms with van der Waals surface area (Å²) < 4.78 is 0. The lowest BCUT2D eigenvalue weighted by Crippen LogP contribution is -1.72. The van der Waals surface area contributed by atoms with E-state index in [2.05, 4.69) is 31.5 Å². The van der Waals surface area contributed by atoms with E-state index in [9.17, 15) is 0 Å². The fourth-order valence-electron chi connectivity index (χ4n) is 0.734. The lowest BCUT2D eigenvalue weighted by molar-refractivity contribution is 1.21. The minimum Gasteiger partial charge on any atom is -0.143 e. The molecule has 2 heteroatoms. The maximum Gasteiger partial charge on any atom is 0.0403 e. The Hall–Kier alpha value is -0.470. The van der Waals surface area contributed by atoms with Gasteiger partial charge in [-0.05, 0) is 22.8 Å². The zero-order valence-corrected chi connectivity index (χ0v) is 8.80. The summed E-state index contributed by atoms with van der Waals surface area (Å²) in [6.07, 6.45) is 1.01. The summed E-state index contributed by atoms with van der Waals surface area (Å²) >= 11 is 3.40. The van der Waals surface area contributed by atoms with Crippen LogP contribution in [-0.2, 0) is 0 Å². The molecule has 0 aliphatic carbocycles. The Balaban J connectivity index is 2.56. The van der Waals surface area contributed by atoms with E-state index >= 15 is 0 Å². The van der Waals surface area contributed by atoms with Gasteiger partial charge in [0.25, 0.3) is 0 Å². The van der Waals surface area contributed by atoms with Gasteiger partial charge in [0.2, 0.25) is 0 Å². The summed E-state index contributed by atoms with van der Waals surface area (Å²) in [5.41, 5.74) is 0. The van der Waals surface area contributed by atoms with Crippen LogP contribution in [0.5, 0.6) is 0 Å². The van der Waals surface area contributed by atoms with E-state index in [-0.39, 0.29) is 0 Å². The van der Waals surface area contributed by atoms with Gasteiger partial charge in [0.1, 0.15) is 0 Å². The molecule has 0 aliphatic heterocycles. The molecule has 0 saturated carbocycles. The minimum atomic E-state index is 1.01. The summed E-state index contributed by atoms with van der Waals surface area (Å²) in [5, 5.41) is 2.07. The van der Waals surface area contributed by atoms with E-state index in [1.54, 1.807) is 23.1 Å². The Bertz CT molecular complexity index is 270. The molecule has 0 spiro atoms. The van der Waals surface area contributed by atoms with Gasteiger partial charge < -0.3 is 0 Å². The van der Waals surface area contributed by atoms with Crippen LogP contribution in [0.2, 0.25) is 0 Å². The second-order valence-corrected chi connectivity index (χ2v) is 4.62. The van der Waals surface area contributed by atoms with E-state index in [1.807, 2.05) is 6.07 Å². The third kappa shape index (κ3) is 2.54. The first-order valence-electron chi connectivity index (χ1n) is 3.82. The van der Waals surface area contributed by atoms with Crippen molar-refractivity contribution in [1.29, 1.82) is 0 Å². The number of thioether (sulfide) groups is 1. The maximum absolute atomic E-state index is 4.00. The van der Waals surface area contributed by atoms with Gasteiger partial charge in [-0.2, -0.15) is 0 Å². The topological polar surface area (TPSA) is 0 Å². The van der Waals surface area contributed by atoms with Gasteiger partial charge in [0, 0.05) is 9.78 Å². The summed E-state index contributed by atoms with van der Waals surface area (Å²) in [4.78, 5) is 3.53. The van der Waals surface area contributed by atoms with E-state index in [0.29, 0.717) is 0 Å². The van der Waals surface area contributed by atoms with Crippen molar-refractivity contribution < 1.29 is 0 Å². The molecule has 0 radical (unpaired) electrons. The van der Waals surface area contributed by atoms with Gasteiger partial charge in [-0.1, -0.05) is 37.9 Å². The maximum atomic E-state index is 4.00. The van der Waals surface area contributed by atoms with E-state index in [1.165, 1.54) is 9.78 Å². The molecule has 0 amide bonds. The van der Waals surface area contributed by atoms with Crippen molar-refractivity contribution in [3.63, 3.8) is 0 Å². The zero-order chi connectivity index (χ0) is 8.97. The van der Waals surface area contributed by atoms with Crippen LogP contribution in [0.4, 0.5) is 0 Å². The average molecular weight is 196 g/mol. The fraction of sp³-hybridized carbons (Fsp3) is 0.200. The molecule has 0 nitrogen and oxygen atoms in total. The van der Waals surface area contributed by atoms with Gasteiger partial charge in [-0.25, -0.2) is 0 Å². The van der Waals surface area contributed by atoms with Crippen molar-refractivity contribution >= 4 is 28.0 Å². The predicted molar refractivity (Wildman–Crippen MR) is 60.4 cm³/mol. The third-order valence-corrected chi connectivity index (χ3v) is 3.56. The third-order valence-electron chi connectivity index (χ3n) is 1.46. The van der Waals surface area contributed by atoms with Crippen LogP contribution in [0, 0.1) is 0 Å². The minimum absolute atomic E-state index is 1.01. The van der Waals surface area contributed by atoms with Crippen LogP contribution in [0.3, 0.4) is 0 Å². The first-order chi connectivity index (χ1) is 5.74. The number of allylic oxidation sites excluding steroid dienone is 1. The smallest absolute Gasteiger partial charge is 0.0403 e. The first kappa shape index (κ1) is 9.62. The van der Waals surface area contributed by atoms with Crippen LogP contribution >= 0.6 is 23.1 Å². The highest BCUT2D eigenvalue weighted by Crippen LogP contribution is 2.34. The monoisotopic (exact) mass is 196 g/mol. The second kappa shape index (κ2) is 4.53. The second-order valence-electron chi connectivity index (χ2n) is 2.39. The van der Waals surface area contributed by atoms with E-state index < -0.39 is 0 Å². The molecule has 64 valence electrons. The number of thiophene rings is 1. The Kier molecular flexibility index (Phi) is 3.63. The van der Waals surface area contributed by atoms with Crippen molar-refractivity contribution in [3.8, 4) is 0 Å². The van der Waals surface area contributed by atoms with Crippen molar-refractivity contribution in [2.45, 2.75) is 13.3 Å². The van der Waals surface area contributed by atoms with Gasteiger partial charge in [-0.3, -0.25) is 0 Å². The van der Waals surface area contributed by atoms with E-state index in [4.69, 9.17) is 0 Å². The highest BCUT2D eigenvalue weighted by molar-refractivity contribution is 8.11. The molecule has 0 aliphatic rings. The number of hydrogen-bond acceptors (Lipinski definition) is 2. The van der Waals surface area contributed by atoms with Crippen LogP contribution in [0.25, 0.3) is 4.91 Å². The molecule has 12 heavy (non-hydrogen) atoms. The molecule has 1 aromatic rings. The largest absolute Gasteiger partial charge is 0.143 e. The Labute approximate surface area is 82.0 Å². The number of rotatable bonds is 4. The SMILES string of the molecule is C=C(CC)SC(=C)c1cccs1. The van der Waals surface area contributed by atoms with Crippen LogP contribution < -0.4 is 0 Å². The predicted octanol–water partition coefficient (Wildman–Crippen LogP) is 4.38. The molecule has 1 rings (SSSR count). The molecular weight excluding hydrogens is 184 g/mol. The summed E-state index contributed by atoms with van der Waals surface area (Å²) in [5.74, 6) is 0. The lowest BCUT2D eigenvalue weighted by Gasteiger charge is -2.02. The Morgan fingerprint density at radius 3 is 2.83 bits per heavy atom. The van der Waals surface area contributed by atoms with Crippen molar-refractivity contribution in [3.05, 3.63) is 40.5 Å². The Morgan fingerprint density at radius 1 is 1.58 bits per heavy atom. The summed E-state index contributed by atoms with van der Waals surface area (Å²) in [6.45, 7) is 10.0. The molecule has 0 bridgehead atoms. The fourth-order valence-corrected chi connectivity index (χ4v) is 2.26. The molecule has 0 atom stereocenters. The molecule has 1 heterocycles. The standard InChI is InChI=1S/C10H12S2/c1-4-8(2)12-9(3)10-6-5-7-11-10/h5-7H,2-4H2,1H3. The lowest BCUT2D eigenvalue weighted by atomic mass is 10.5. The van der Waals surface area contributed by atoms with E-state index in [0.717, 1.165) is 11.3 Å². The molecule has 0 fully saturated rings. The quantitative estimate of drug-likeness (QED) is 0.689. The highest BCUT2D eigenvalue weighted by atomic mass is 32.2. The van der Waals surface area contributed by atoms with Crippen molar-refractivity contribution in [1.82, 2.24) is 0 Å². The molecule has 1 aromatic heterocycles. The van der Waals surface area contributed by atoms with Gasteiger partial charge in [0.05, 0.1) is 0 Å². The van der Waals surface area contributed by atoms with Crippen LogP contribution in [0.15, 0.2) is 35.6 Å². The van der Waals surface area contributed by atoms with Crippen LogP contribution in [0.1, 0.15) is 18.2 Å². The normalized spacial score (nSPS) is 9.75. The average Bonchev–Trinajstić information content (AvgIpc) is 2.56. The number of hydrogen-bond donors (Lipinski definition) is 0. The van der Waals surface area contributed by atoms with Crippen molar-refractivity contribution in [2.75, 3.05) is 0 Å². The molecule has 0 unspecified atom stereocenters. The Morgan fingerprint density at radius 2 is 2.33 bits per heavy atom. The van der Waals surface area contributed by atoms with Crippen molar-refractivity contribution in [2.24, 2.45) is 0 Å². The summed E-state index contributed by atoms with van der Waals surface area (Å²) in [7, 11) is 0. The van der Waals surface area contributed by atoms with Gasteiger partial charge in [-0.15, -0.1) is 11.3 Å². The molecule has 0 aromatic carbocycles. The first-order valence-corrected chi connectivity index (χ1v) is 5.52. The van der Waals surface area contributed by atoms with Gasteiger partial charge >= 0.3 is 0 Å². The zero-order valence-electron chi connectivity index (χ0n) is 7.17. The van der Waals surface area contributed by atoms with Gasteiger partial charge in [0.15, 0.2) is 0 Å².